The zero-order chi connectivity index (χ0) is 17.1. The quantitative estimate of drug-likeness (QED) is 0.727. The maximum atomic E-state index is 12.5. The van der Waals surface area contributed by atoms with Gasteiger partial charge in [0.15, 0.2) is 0 Å². The molecule has 0 bridgehead atoms. The highest BCUT2D eigenvalue weighted by Gasteiger charge is 2.17. The topological polar surface area (TPSA) is 47.6 Å². The number of ether oxygens (including phenoxy) is 2. The van der Waals surface area contributed by atoms with E-state index in [2.05, 4.69) is 5.32 Å². The number of rotatable bonds is 5. The Kier molecular flexibility index (Phi) is 4.92. The van der Waals surface area contributed by atoms with Crippen LogP contribution in [0, 0.1) is 0 Å². The van der Waals surface area contributed by atoms with Crippen LogP contribution in [0.25, 0.3) is 10.1 Å². The lowest BCUT2D eigenvalue weighted by molar-refractivity contribution is 0.0955. The molecule has 0 aliphatic rings. The summed E-state index contributed by atoms with van der Waals surface area (Å²) in [5.74, 6) is 1.17. The molecule has 0 spiro atoms. The second kappa shape index (κ2) is 7.11. The number of carbonyl (C=O) groups is 1. The number of halogens is 1. The zero-order valence-corrected chi connectivity index (χ0v) is 14.8. The lowest BCUT2D eigenvalue weighted by atomic mass is 10.2. The van der Waals surface area contributed by atoms with Crippen LogP contribution >= 0.6 is 22.9 Å². The summed E-state index contributed by atoms with van der Waals surface area (Å²) in [7, 11) is 3.18. The summed E-state index contributed by atoms with van der Waals surface area (Å²) in [5.41, 5.74) is 0.865. The molecule has 1 N–H and O–H groups in total. The van der Waals surface area contributed by atoms with Crippen molar-refractivity contribution >= 4 is 38.9 Å². The maximum absolute atomic E-state index is 12.5. The summed E-state index contributed by atoms with van der Waals surface area (Å²) in [5, 5.41) is 4.29. The minimum atomic E-state index is -0.195. The van der Waals surface area contributed by atoms with E-state index < -0.39 is 0 Å². The number of benzene rings is 2. The van der Waals surface area contributed by atoms with Crippen molar-refractivity contribution in [2.45, 2.75) is 6.54 Å². The Morgan fingerprint density at radius 3 is 2.67 bits per heavy atom. The lowest BCUT2D eigenvalue weighted by Gasteiger charge is -2.11. The van der Waals surface area contributed by atoms with Gasteiger partial charge in [-0.1, -0.05) is 29.8 Å². The molecule has 4 nitrogen and oxygen atoms in total. The van der Waals surface area contributed by atoms with Crippen LogP contribution in [-0.4, -0.2) is 20.1 Å². The van der Waals surface area contributed by atoms with Gasteiger partial charge in [-0.25, -0.2) is 0 Å². The van der Waals surface area contributed by atoms with E-state index in [1.165, 1.54) is 11.3 Å². The molecule has 0 aliphatic carbocycles. The van der Waals surface area contributed by atoms with Gasteiger partial charge in [-0.2, -0.15) is 0 Å². The molecule has 1 aromatic heterocycles. The van der Waals surface area contributed by atoms with Crippen molar-refractivity contribution in [2.75, 3.05) is 14.2 Å². The molecule has 0 atom stereocenters. The van der Waals surface area contributed by atoms with Gasteiger partial charge in [0.25, 0.3) is 5.91 Å². The van der Waals surface area contributed by atoms with Crippen LogP contribution in [0.1, 0.15) is 15.2 Å². The molecule has 124 valence electrons. The number of methoxy groups -OCH3 is 2. The monoisotopic (exact) mass is 361 g/mol. The highest BCUT2D eigenvalue weighted by atomic mass is 35.5. The van der Waals surface area contributed by atoms with Crippen molar-refractivity contribution < 1.29 is 14.3 Å². The molecule has 6 heteroatoms. The SMILES string of the molecule is COc1ccc(CNC(=O)c2sc3ccccc3c2Cl)c(OC)c1. The number of hydrogen-bond acceptors (Lipinski definition) is 4. The smallest absolute Gasteiger partial charge is 0.263 e. The van der Waals surface area contributed by atoms with Crippen LogP contribution in [0.5, 0.6) is 11.5 Å². The Hall–Kier alpha value is -2.24. The Labute approximate surface area is 149 Å². The second-order valence-corrected chi connectivity index (χ2v) is 6.53. The first-order valence-electron chi connectivity index (χ1n) is 7.30. The molecule has 24 heavy (non-hydrogen) atoms. The van der Waals surface area contributed by atoms with Gasteiger partial charge in [-0.15, -0.1) is 11.3 Å². The lowest BCUT2D eigenvalue weighted by Crippen LogP contribution is -2.22. The Morgan fingerprint density at radius 1 is 1.17 bits per heavy atom. The average Bonchev–Trinajstić information content (AvgIpc) is 2.96. The number of nitrogens with one attached hydrogen (secondary N) is 1. The summed E-state index contributed by atoms with van der Waals surface area (Å²) < 4.78 is 11.5. The molecule has 0 saturated heterocycles. The molecule has 1 amide bonds. The van der Waals surface area contributed by atoms with Gasteiger partial charge in [0.05, 0.1) is 19.2 Å². The number of fused-ring (bicyclic) bond motifs is 1. The largest absolute Gasteiger partial charge is 0.497 e. The van der Waals surface area contributed by atoms with Crippen LogP contribution in [-0.2, 0) is 6.54 Å². The first-order chi connectivity index (χ1) is 11.6. The number of amides is 1. The standard InChI is InChI=1S/C18H16ClNO3S/c1-22-12-8-7-11(14(9-12)23-2)10-20-18(21)17-16(19)13-5-3-4-6-15(13)24-17/h3-9H,10H2,1-2H3,(H,20,21). The fraction of sp³-hybridized carbons (Fsp3) is 0.167. The summed E-state index contributed by atoms with van der Waals surface area (Å²) in [6, 6.07) is 13.2. The first-order valence-corrected chi connectivity index (χ1v) is 8.49. The van der Waals surface area contributed by atoms with E-state index in [9.17, 15) is 4.79 Å². The highest BCUT2D eigenvalue weighted by molar-refractivity contribution is 7.21. The minimum Gasteiger partial charge on any atom is -0.497 e. The van der Waals surface area contributed by atoms with Crippen molar-refractivity contribution in [1.29, 1.82) is 0 Å². The van der Waals surface area contributed by atoms with E-state index in [4.69, 9.17) is 21.1 Å². The molecular weight excluding hydrogens is 346 g/mol. The Balaban J connectivity index is 1.79. The van der Waals surface area contributed by atoms with Gasteiger partial charge in [0, 0.05) is 28.3 Å². The van der Waals surface area contributed by atoms with Gasteiger partial charge in [0.2, 0.25) is 0 Å². The van der Waals surface area contributed by atoms with Gasteiger partial charge in [-0.05, 0) is 18.2 Å². The van der Waals surface area contributed by atoms with E-state index in [1.54, 1.807) is 20.3 Å². The molecule has 0 saturated carbocycles. The summed E-state index contributed by atoms with van der Waals surface area (Å²) in [6.07, 6.45) is 0. The minimum absolute atomic E-state index is 0.195. The molecular formula is C18H16ClNO3S. The van der Waals surface area contributed by atoms with Crippen molar-refractivity contribution in [2.24, 2.45) is 0 Å². The molecule has 0 unspecified atom stereocenters. The Morgan fingerprint density at radius 2 is 1.96 bits per heavy atom. The highest BCUT2D eigenvalue weighted by Crippen LogP contribution is 2.35. The second-order valence-electron chi connectivity index (χ2n) is 5.10. The molecule has 3 rings (SSSR count). The molecule has 0 radical (unpaired) electrons. The third-order valence-corrected chi connectivity index (χ3v) is 5.35. The third-order valence-electron chi connectivity index (χ3n) is 3.67. The van der Waals surface area contributed by atoms with E-state index in [0.29, 0.717) is 27.9 Å². The average molecular weight is 362 g/mol. The Bertz CT molecular complexity index is 891. The van der Waals surface area contributed by atoms with E-state index in [-0.39, 0.29) is 5.91 Å². The molecule has 2 aromatic carbocycles. The van der Waals surface area contributed by atoms with Crippen LogP contribution in [0.2, 0.25) is 5.02 Å². The van der Waals surface area contributed by atoms with Crippen molar-refractivity contribution in [1.82, 2.24) is 5.32 Å². The van der Waals surface area contributed by atoms with Crippen LogP contribution < -0.4 is 14.8 Å². The van der Waals surface area contributed by atoms with E-state index in [1.807, 2.05) is 36.4 Å². The van der Waals surface area contributed by atoms with Gasteiger partial charge < -0.3 is 14.8 Å². The van der Waals surface area contributed by atoms with Gasteiger partial charge in [0.1, 0.15) is 16.4 Å². The van der Waals surface area contributed by atoms with Gasteiger partial charge >= 0.3 is 0 Å². The number of thiophene rings is 1. The van der Waals surface area contributed by atoms with Crippen LogP contribution in [0.4, 0.5) is 0 Å². The predicted octanol–water partition coefficient (Wildman–Crippen LogP) is 4.50. The molecule has 0 aliphatic heterocycles. The fourth-order valence-corrected chi connectivity index (χ4v) is 3.85. The van der Waals surface area contributed by atoms with E-state index in [0.717, 1.165) is 15.6 Å². The zero-order valence-electron chi connectivity index (χ0n) is 13.3. The predicted molar refractivity (Wildman–Crippen MR) is 97.6 cm³/mol. The van der Waals surface area contributed by atoms with Gasteiger partial charge in [-0.3, -0.25) is 4.79 Å². The third kappa shape index (κ3) is 3.18. The fourth-order valence-electron chi connectivity index (χ4n) is 2.41. The molecule has 3 aromatic rings. The van der Waals surface area contributed by atoms with E-state index >= 15 is 0 Å². The summed E-state index contributed by atoms with van der Waals surface area (Å²) in [6.45, 7) is 0.344. The first kappa shape index (κ1) is 16.6. The van der Waals surface area contributed by atoms with Crippen molar-refractivity contribution in [3.05, 3.63) is 57.9 Å². The van der Waals surface area contributed by atoms with Crippen LogP contribution in [0.3, 0.4) is 0 Å². The van der Waals surface area contributed by atoms with Crippen LogP contribution in [0.15, 0.2) is 42.5 Å². The number of hydrogen-bond donors (Lipinski definition) is 1. The van der Waals surface area contributed by atoms with Crippen molar-refractivity contribution in [3.63, 3.8) is 0 Å². The molecule has 1 heterocycles. The number of carbonyl (C=O) groups excluding carboxylic acids is 1. The normalized spacial score (nSPS) is 10.6. The molecule has 0 fully saturated rings. The summed E-state index contributed by atoms with van der Waals surface area (Å²) in [4.78, 5) is 13.0. The maximum Gasteiger partial charge on any atom is 0.263 e. The van der Waals surface area contributed by atoms with Crippen molar-refractivity contribution in [3.8, 4) is 11.5 Å². The summed E-state index contributed by atoms with van der Waals surface area (Å²) >= 11 is 7.73.